The molecule has 0 spiro atoms. The maximum Gasteiger partial charge on any atom is 0.184 e. The summed E-state index contributed by atoms with van der Waals surface area (Å²) >= 11 is 9.65. The minimum atomic E-state index is -1.56. The van der Waals surface area contributed by atoms with Crippen LogP contribution in [0.1, 0.15) is 18.1 Å². The molecule has 0 saturated heterocycles. The van der Waals surface area contributed by atoms with Crippen LogP contribution in [0.5, 0.6) is 5.75 Å². The average Bonchev–Trinajstić information content (AvgIpc) is 2.17. The second-order valence-corrected chi connectivity index (χ2v) is 10.9. The van der Waals surface area contributed by atoms with Gasteiger partial charge in [-0.2, -0.15) is 0 Å². The Kier molecular flexibility index (Phi) is 3.88. The summed E-state index contributed by atoms with van der Waals surface area (Å²) < 4.78 is 12.8. The summed E-state index contributed by atoms with van der Waals surface area (Å²) in [6.45, 7) is 7.26. The Bertz CT molecular complexity index is 431. The molecule has 0 saturated carbocycles. The number of rotatable bonds is 2. The van der Waals surface area contributed by atoms with Gasteiger partial charge < -0.3 is 9.16 Å². The fourth-order valence-corrected chi connectivity index (χ4v) is 3.93. The molecule has 0 bridgehead atoms. The van der Waals surface area contributed by atoms with Crippen molar-refractivity contribution in [2.45, 2.75) is 32.2 Å². The Balaban J connectivity index is 2.37. The number of fused-ring (bicyclic) bond motifs is 1. The van der Waals surface area contributed by atoms with Crippen LogP contribution in [0.15, 0.2) is 16.6 Å². The van der Waals surface area contributed by atoms with E-state index in [0.29, 0.717) is 11.6 Å². The Hall–Kier alpha value is -0.0331. The molecule has 1 atom stereocenters. The summed E-state index contributed by atoms with van der Waals surface area (Å²) in [5.41, 5.74) is 1.07. The molecular formula is C12H16BrClO2Si. The topological polar surface area (TPSA) is 18.5 Å². The summed E-state index contributed by atoms with van der Waals surface area (Å²) in [7, 11) is -1.56. The number of benzene rings is 1. The molecule has 17 heavy (non-hydrogen) atoms. The van der Waals surface area contributed by atoms with Crippen LogP contribution < -0.4 is 4.74 Å². The third-order valence-corrected chi connectivity index (χ3v) is 4.24. The SMILES string of the molecule is C[Si](C)(C)O[C@@H]1CCOc2c(Cl)cc(Br)cc21. The molecule has 1 aromatic carbocycles. The fourth-order valence-electron chi connectivity index (χ4n) is 1.94. The maximum absolute atomic E-state index is 6.19. The van der Waals surface area contributed by atoms with E-state index in [1.54, 1.807) is 0 Å². The molecule has 1 aromatic rings. The Morgan fingerprint density at radius 1 is 1.41 bits per heavy atom. The van der Waals surface area contributed by atoms with E-state index in [4.69, 9.17) is 20.8 Å². The van der Waals surface area contributed by atoms with Crippen LogP contribution in [0, 0.1) is 0 Å². The van der Waals surface area contributed by atoms with Gasteiger partial charge in [-0.3, -0.25) is 0 Å². The number of hydrogen-bond donors (Lipinski definition) is 0. The van der Waals surface area contributed by atoms with Crippen molar-refractivity contribution in [1.29, 1.82) is 0 Å². The van der Waals surface area contributed by atoms with Crippen molar-refractivity contribution in [2.75, 3.05) is 6.61 Å². The molecule has 1 aliphatic heterocycles. The van der Waals surface area contributed by atoms with Crippen LogP contribution in [0.3, 0.4) is 0 Å². The molecule has 0 radical (unpaired) electrons. The van der Waals surface area contributed by atoms with Gasteiger partial charge in [-0.15, -0.1) is 0 Å². The minimum Gasteiger partial charge on any atom is -0.492 e. The van der Waals surface area contributed by atoms with Crippen LogP contribution in [-0.4, -0.2) is 14.9 Å². The molecule has 5 heteroatoms. The predicted molar refractivity (Wildman–Crippen MR) is 76.4 cm³/mol. The lowest BCUT2D eigenvalue weighted by atomic mass is 10.0. The summed E-state index contributed by atoms with van der Waals surface area (Å²) in [5, 5.41) is 0.651. The molecule has 0 N–H and O–H groups in total. The Morgan fingerprint density at radius 3 is 2.76 bits per heavy atom. The van der Waals surface area contributed by atoms with Gasteiger partial charge in [0, 0.05) is 16.5 Å². The van der Waals surface area contributed by atoms with Crippen molar-refractivity contribution < 1.29 is 9.16 Å². The highest BCUT2D eigenvalue weighted by molar-refractivity contribution is 9.10. The summed E-state index contributed by atoms with van der Waals surface area (Å²) in [6, 6.07) is 3.91. The van der Waals surface area contributed by atoms with Gasteiger partial charge >= 0.3 is 0 Å². The number of hydrogen-bond acceptors (Lipinski definition) is 2. The van der Waals surface area contributed by atoms with Gasteiger partial charge in [0.05, 0.1) is 17.7 Å². The van der Waals surface area contributed by atoms with Crippen molar-refractivity contribution in [3.05, 3.63) is 27.2 Å². The fraction of sp³-hybridized carbons (Fsp3) is 0.500. The molecule has 1 heterocycles. The van der Waals surface area contributed by atoms with Gasteiger partial charge in [0.1, 0.15) is 5.75 Å². The third-order valence-electron chi connectivity index (χ3n) is 2.51. The van der Waals surface area contributed by atoms with Crippen molar-refractivity contribution >= 4 is 35.8 Å². The standard InChI is InChI=1S/C12H16BrClO2Si/c1-17(2,3)16-11-4-5-15-12-9(11)6-8(13)7-10(12)14/h6-7,11H,4-5H2,1-3H3/t11-/m1/s1. The zero-order valence-corrected chi connectivity index (χ0v) is 13.6. The summed E-state index contributed by atoms with van der Waals surface area (Å²) in [4.78, 5) is 0. The first-order valence-corrected chi connectivity index (χ1v) is 10.2. The molecule has 2 rings (SSSR count). The smallest absolute Gasteiger partial charge is 0.184 e. The molecule has 1 aliphatic rings. The lowest BCUT2D eigenvalue weighted by Crippen LogP contribution is -2.30. The molecule has 94 valence electrons. The van der Waals surface area contributed by atoms with Gasteiger partial charge in [-0.1, -0.05) is 27.5 Å². The van der Waals surface area contributed by atoms with E-state index >= 15 is 0 Å². The number of halogens is 2. The lowest BCUT2D eigenvalue weighted by Gasteiger charge is -2.31. The zero-order chi connectivity index (χ0) is 12.6. The van der Waals surface area contributed by atoms with Crippen molar-refractivity contribution in [3.63, 3.8) is 0 Å². The minimum absolute atomic E-state index is 0.111. The lowest BCUT2D eigenvalue weighted by molar-refractivity contribution is 0.130. The Labute approximate surface area is 117 Å². The first-order chi connectivity index (χ1) is 7.87. The first kappa shape index (κ1) is 13.4. The quantitative estimate of drug-likeness (QED) is 0.724. The molecule has 0 amide bonds. The highest BCUT2D eigenvalue weighted by atomic mass is 79.9. The highest BCUT2D eigenvalue weighted by Gasteiger charge is 2.29. The second-order valence-electron chi connectivity index (χ2n) is 5.16. The van der Waals surface area contributed by atoms with E-state index in [-0.39, 0.29) is 6.10 Å². The van der Waals surface area contributed by atoms with Crippen LogP contribution in [-0.2, 0) is 4.43 Å². The molecular weight excluding hydrogens is 320 g/mol. The Morgan fingerprint density at radius 2 is 2.12 bits per heavy atom. The normalized spacial score (nSPS) is 19.7. The first-order valence-electron chi connectivity index (χ1n) is 5.66. The predicted octanol–water partition coefficient (Wildman–Crippen LogP) is 4.78. The van der Waals surface area contributed by atoms with E-state index in [2.05, 4.69) is 35.6 Å². The average molecular weight is 336 g/mol. The molecule has 0 aromatic heterocycles. The molecule has 2 nitrogen and oxygen atoms in total. The van der Waals surface area contributed by atoms with Crippen LogP contribution in [0.25, 0.3) is 0 Å². The van der Waals surface area contributed by atoms with Gasteiger partial charge in [-0.05, 0) is 31.8 Å². The molecule has 0 fully saturated rings. The van der Waals surface area contributed by atoms with Gasteiger partial charge in [0.15, 0.2) is 8.32 Å². The van der Waals surface area contributed by atoms with E-state index in [1.165, 1.54) is 0 Å². The monoisotopic (exact) mass is 334 g/mol. The van der Waals surface area contributed by atoms with E-state index < -0.39 is 8.32 Å². The van der Waals surface area contributed by atoms with Crippen molar-refractivity contribution in [2.24, 2.45) is 0 Å². The zero-order valence-electron chi connectivity index (χ0n) is 10.2. The van der Waals surface area contributed by atoms with E-state index in [9.17, 15) is 0 Å². The van der Waals surface area contributed by atoms with Crippen LogP contribution in [0.2, 0.25) is 24.7 Å². The van der Waals surface area contributed by atoms with Crippen LogP contribution >= 0.6 is 27.5 Å². The highest BCUT2D eigenvalue weighted by Crippen LogP contribution is 2.42. The van der Waals surface area contributed by atoms with Gasteiger partial charge in [0.25, 0.3) is 0 Å². The van der Waals surface area contributed by atoms with Crippen molar-refractivity contribution in [3.8, 4) is 5.75 Å². The van der Waals surface area contributed by atoms with E-state index in [0.717, 1.165) is 22.2 Å². The summed E-state index contributed by atoms with van der Waals surface area (Å²) in [6.07, 6.45) is 1.00. The second kappa shape index (κ2) is 4.92. The van der Waals surface area contributed by atoms with Gasteiger partial charge in [0.2, 0.25) is 0 Å². The largest absolute Gasteiger partial charge is 0.492 e. The number of ether oxygens (including phenoxy) is 1. The van der Waals surface area contributed by atoms with Crippen molar-refractivity contribution in [1.82, 2.24) is 0 Å². The maximum atomic E-state index is 6.19. The van der Waals surface area contributed by atoms with Crippen LogP contribution in [0.4, 0.5) is 0 Å². The molecule has 0 unspecified atom stereocenters. The molecule has 0 aliphatic carbocycles. The van der Waals surface area contributed by atoms with Gasteiger partial charge in [-0.25, -0.2) is 0 Å². The summed E-state index contributed by atoms with van der Waals surface area (Å²) in [5.74, 6) is 0.782. The third kappa shape index (κ3) is 3.25. The van der Waals surface area contributed by atoms with E-state index in [1.807, 2.05) is 12.1 Å².